The minimum atomic E-state index is -0.338. The van der Waals surface area contributed by atoms with Crippen LogP contribution < -0.4 is 14.4 Å². The van der Waals surface area contributed by atoms with Crippen LogP contribution in [-0.2, 0) is 0 Å². The highest BCUT2D eigenvalue weighted by molar-refractivity contribution is 6.10. The minimum absolute atomic E-state index is 0.115. The number of ketones is 1. The molecule has 0 aliphatic heterocycles. The number of aromatic hydroxyl groups is 1. The Kier molecular flexibility index (Phi) is 6.67. The number of rotatable bonds is 8. The molecule has 138 valence electrons. The first-order chi connectivity index (χ1) is 12.5. The van der Waals surface area contributed by atoms with Gasteiger partial charge >= 0.3 is 0 Å². The van der Waals surface area contributed by atoms with Gasteiger partial charge in [-0.25, -0.2) is 0 Å². The molecule has 0 saturated heterocycles. The summed E-state index contributed by atoms with van der Waals surface area (Å²) in [6.45, 7) is 6.12. The Labute approximate surface area is 154 Å². The molecule has 0 aliphatic carbocycles. The lowest BCUT2D eigenvalue weighted by Gasteiger charge is -2.20. The zero-order valence-electron chi connectivity index (χ0n) is 15.7. The number of anilines is 1. The number of carbonyl (C=O) groups is 1. The van der Waals surface area contributed by atoms with E-state index in [-0.39, 0.29) is 22.8 Å². The van der Waals surface area contributed by atoms with Gasteiger partial charge in [0.15, 0.2) is 5.78 Å². The predicted octanol–water partition coefficient (Wildman–Crippen LogP) is 4.15. The third-order valence-electron chi connectivity index (χ3n) is 4.21. The summed E-state index contributed by atoms with van der Waals surface area (Å²) in [4.78, 5) is 14.8. The van der Waals surface area contributed by atoms with Gasteiger partial charge in [-0.1, -0.05) is 18.2 Å². The van der Waals surface area contributed by atoms with E-state index in [9.17, 15) is 9.90 Å². The first kappa shape index (κ1) is 19.4. The van der Waals surface area contributed by atoms with Gasteiger partial charge in [0, 0.05) is 30.9 Å². The van der Waals surface area contributed by atoms with Crippen molar-refractivity contribution < 1.29 is 19.4 Å². The molecule has 0 radical (unpaired) electrons. The largest absolute Gasteiger partial charge is 0.507 e. The van der Waals surface area contributed by atoms with Crippen molar-refractivity contribution in [2.75, 3.05) is 32.2 Å². The van der Waals surface area contributed by atoms with Crippen molar-refractivity contribution in [2.24, 2.45) is 0 Å². The summed E-state index contributed by atoms with van der Waals surface area (Å²) in [6.07, 6.45) is 3.15. The fourth-order valence-electron chi connectivity index (χ4n) is 2.74. The van der Waals surface area contributed by atoms with Crippen LogP contribution in [-0.4, -0.2) is 38.2 Å². The highest BCUT2D eigenvalue weighted by Gasteiger charge is 2.17. The molecule has 2 aromatic rings. The Morgan fingerprint density at radius 1 is 1.08 bits per heavy atom. The normalized spacial score (nSPS) is 10.8. The van der Waals surface area contributed by atoms with E-state index in [2.05, 4.69) is 18.7 Å². The van der Waals surface area contributed by atoms with Crippen molar-refractivity contribution in [1.29, 1.82) is 0 Å². The van der Waals surface area contributed by atoms with Crippen molar-refractivity contribution in [3.63, 3.8) is 0 Å². The van der Waals surface area contributed by atoms with E-state index < -0.39 is 0 Å². The van der Waals surface area contributed by atoms with Gasteiger partial charge in [-0.3, -0.25) is 4.79 Å². The third kappa shape index (κ3) is 4.36. The average molecular weight is 355 g/mol. The van der Waals surface area contributed by atoms with Crippen LogP contribution in [0.4, 0.5) is 5.69 Å². The number of nitrogens with zero attached hydrogens (tertiary/aromatic N) is 1. The summed E-state index contributed by atoms with van der Waals surface area (Å²) in [5, 5.41) is 10.1. The Morgan fingerprint density at radius 3 is 2.27 bits per heavy atom. The molecule has 0 saturated carbocycles. The standard InChI is InChI=1S/C21H25NO4/c1-5-22(6-2)16-10-7-15(8-11-16)9-12-18(23)21-19(24)13-17(25-3)14-20(21)26-4/h7-14,24H,5-6H2,1-4H3. The van der Waals surface area contributed by atoms with E-state index in [0.29, 0.717) is 5.75 Å². The van der Waals surface area contributed by atoms with Crippen LogP contribution in [0.2, 0.25) is 0 Å². The molecule has 0 amide bonds. The molecule has 0 fully saturated rings. The summed E-state index contributed by atoms with van der Waals surface area (Å²) in [5.41, 5.74) is 2.17. The molecule has 0 bridgehead atoms. The van der Waals surface area contributed by atoms with Crippen molar-refractivity contribution in [3.05, 3.63) is 53.6 Å². The molecule has 0 aliphatic rings. The van der Waals surface area contributed by atoms with Gasteiger partial charge in [-0.05, 0) is 37.6 Å². The zero-order valence-corrected chi connectivity index (χ0v) is 15.7. The number of methoxy groups -OCH3 is 2. The lowest BCUT2D eigenvalue weighted by molar-refractivity contribution is 0.104. The first-order valence-corrected chi connectivity index (χ1v) is 8.56. The predicted molar refractivity (Wildman–Crippen MR) is 105 cm³/mol. The molecule has 26 heavy (non-hydrogen) atoms. The first-order valence-electron chi connectivity index (χ1n) is 8.56. The van der Waals surface area contributed by atoms with Gasteiger partial charge in [0.25, 0.3) is 0 Å². The van der Waals surface area contributed by atoms with Crippen LogP contribution in [0.3, 0.4) is 0 Å². The molecule has 5 heteroatoms. The molecule has 0 heterocycles. The molecule has 5 nitrogen and oxygen atoms in total. The van der Waals surface area contributed by atoms with E-state index in [1.165, 1.54) is 26.4 Å². The molecular weight excluding hydrogens is 330 g/mol. The lowest BCUT2D eigenvalue weighted by atomic mass is 10.1. The van der Waals surface area contributed by atoms with E-state index in [0.717, 1.165) is 24.3 Å². The van der Waals surface area contributed by atoms with Crippen molar-refractivity contribution in [3.8, 4) is 17.2 Å². The molecule has 0 spiro atoms. The number of carbonyl (C=O) groups excluding carboxylic acids is 1. The summed E-state index contributed by atoms with van der Waals surface area (Å²) < 4.78 is 10.3. The van der Waals surface area contributed by atoms with Gasteiger partial charge in [0.05, 0.1) is 14.2 Å². The quantitative estimate of drug-likeness (QED) is 0.569. The van der Waals surface area contributed by atoms with Gasteiger partial charge in [-0.15, -0.1) is 0 Å². The maximum absolute atomic E-state index is 12.5. The maximum Gasteiger partial charge on any atom is 0.193 e. The Bertz CT molecular complexity index is 777. The average Bonchev–Trinajstić information content (AvgIpc) is 2.67. The third-order valence-corrected chi connectivity index (χ3v) is 4.21. The molecule has 0 unspecified atom stereocenters. The summed E-state index contributed by atoms with van der Waals surface area (Å²) >= 11 is 0. The molecule has 2 aromatic carbocycles. The van der Waals surface area contributed by atoms with Crippen LogP contribution in [0.25, 0.3) is 6.08 Å². The van der Waals surface area contributed by atoms with E-state index >= 15 is 0 Å². The second kappa shape index (κ2) is 8.94. The van der Waals surface area contributed by atoms with Crippen LogP contribution in [0, 0.1) is 0 Å². The van der Waals surface area contributed by atoms with Crippen molar-refractivity contribution in [1.82, 2.24) is 0 Å². The van der Waals surface area contributed by atoms with Gasteiger partial charge in [0.2, 0.25) is 0 Å². The minimum Gasteiger partial charge on any atom is -0.507 e. The highest BCUT2D eigenvalue weighted by Crippen LogP contribution is 2.33. The Balaban J connectivity index is 2.22. The molecule has 1 N–H and O–H groups in total. The molecule has 0 atom stereocenters. The topological polar surface area (TPSA) is 59.0 Å². The van der Waals surface area contributed by atoms with E-state index in [1.807, 2.05) is 24.3 Å². The molecular formula is C21H25NO4. The summed E-state index contributed by atoms with van der Waals surface area (Å²) in [7, 11) is 2.93. The maximum atomic E-state index is 12.5. The summed E-state index contributed by atoms with van der Waals surface area (Å²) in [5.74, 6) is 0.183. The van der Waals surface area contributed by atoms with Crippen molar-refractivity contribution >= 4 is 17.5 Å². The fraction of sp³-hybridized carbons (Fsp3) is 0.286. The summed E-state index contributed by atoms with van der Waals surface area (Å²) in [6, 6.07) is 10.9. The van der Waals surface area contributed by atoms with E-state index in [4.69, 9.17) is 9.47 Å². The SMILES string of the molecule is CCN(CC)c1ccc(C=CC(=O)c2c(O)cc(OC)cc2OC)cc1. The molecule has 2 rings (SSSR count). The van der Waals surface area contributed by atoms with Crippen LogP contribution >= 0.6 is 0 Å². The van der Waals surface area contributed by atoms with Crippen LogP contribution in [0.15, 0.2) is 42.5 Å². The fourth-order valence-corrected chi connectivity index (χ4v) is 2.74. The highest BCUT2D eigenvalue weighted by atomic mass is 16.5. The number of hydrogen-bond donors (Lipinski definition) is 1. The monoisotopic (exact) mass is 355 g/mol. The number of benzene rings is 2. The number of phenols is 1. The Morgan fingerprint density at radius 2 is 1.73 bits per heavy atom. The number of allylic oxidation sites excluding steroid dienone is 1. The van der Waals surface area contributed by atoms with Gasteiger partial charge in [0.1, 0.15) is 22.8 Å². The van der Waals surface area contributed by atoms with E-state index in [1.54, 1.807) is 12.1 Å². The van der Waals surface area contributed by atoms with Crippen LogP contribution in [0.1, 0.15) is 29.8 Å². The number of phenolic OH excluding ortho intramolecular Hbond substituents is 1. The number of hydrogen-bond acceptors (Lipinski definition) is 5. The van der Waals surface area contributed by atoms with Gasteiger partial charge in [-0.2, -0.15) is 0 Å². The Hall–Kier alpha value is -2.95. The second-order valence-electron chi connectivity index (χ2n) is 5.69. The molecule has 0 aromatic heterocycles. The zero-order chi connectivity index (χ0) is 19.1. The van der Waals surface area contributed by atoms with Crippen molar-refractivity contribution in [2.45, 2.75) is 13.8 Å². The lowest BCUT2D eigenvalue weighted by Crippen LogP contribution is -2.21. The van der Waals surface area contributed by atoms with Crippen LogP contribution in [0.5, 0.6) is 17.2 Å². The number of ether oxygens (including phenoxy) is 2. The smallest absolute Gasteiger partial charge is 0.193 e. The van der Waals surface area contributed by atoms with Gasteiger partial charge < -0.3 is 19.5 Å². The second-order valence-corrected chi connectivity index (χ2v) is 5.69.